The monoisotopic (exact) mass is 644 g/mol. The van der Waals surface area contributed by atoms with Crippen LogP contribution in [-0.4, -0.2) is 126 Å². The van der Waals surface area contributed by atoms with Crippen LogP contribution in [0.15, 0.2) is 12.2 Å². The van der Waals surface area contributed by atoms with Crippen molar-refractivity contribution in [2.45, 2.75) is 139 Å². The second-order valence-electron chi connectivity index (χ2n) is 15.0. The Labute approximate surface area is 263 Å². The van der Waals surface area contributed by atoms with E-state index >= 15 is 0 Å². The molecule has 258 valence electrons. The summed E-state index contributed by atoms with van der Waals surface area (Å²) in [6, 6.07) is 0. The third-order valence-electron chi connectivity index (χ3n) is 12.4. The van der Waals surface area contributed by atoms with E-state index in [-0.39, 0.29) is 29.1 Å². The lowest BCUT2D eigenvalue weighted by Gasteiger charge is -2.63. The molecule has 13 nitrogen and oxygen atoms in total. The van der Waals surface area contributed by atoms with Gasteiger partial charge in [-0.05, 0) is 93.0 Å². The third-order valence-corrected chi connectivity index (χ3v) is 12.4. The first-order chi connectivity index (χ1) is 21.1. The Kier molecular flexibility index (Phi) is 9.87. The fourth-order valence-corrected chi connectivity index (χ4v) is 10.1. The molecular formula is C32H52O13. The molecule has 2 bridgehead atoms. The molecular weight excluding hydrogens is 592 g/mol. The molecule has 0 radical (unpaired) electrons. The van der Waals surface area contributed by atoms with Crippen LogP contribution in [0.2, 0.25) is 0 Å². The minimum absolute atomic E-state index is 0.0612. The first-order valence-electron chi connectivity index (χ1n) is 16.3. The predicted octanol–water partition coefficient (Wildman–Crippen LogP) is -0.779. The highest BCUT2D eigenvalue weighted by Gasteiger charge is 2.68. The van der Waals surface area contributed by atoms with E-state index in [0.29, 0.717) is 19.3 Å². The summed E-state index contributed by atoms with van der Waals surface area (Å²) in [5, 5.41) is 93.5. The van der Waals surface area contributed by atoms with E-state index in [4.69, 9.17) is 14.2 Å². The molecule has 13 heteroatoms. The van der Waals surface area contributed by atoms with Crippen molar-refractivity contribution in [3.63, 3.8) is 0 Å². The average Bonchev–Trinajstić information content (AvgIpc) is 3.17. The highest BCUT2D eigenvalue weighted by molar-refractivity contribution is 5.77. The van der Waals surface area contributed by atoms with Crippen molar-refractivity contribution in [1.29, 1.82) is 0 Å². The van der Waals surface area contributed by atoms with E-state index in [1.165, 1.54) is 0 Å². The van der Waals surface area contributed by atoms with E-state index < -0.39 is 85.5 Å². The summed E-state index contributed by atoms with van der Waals surface area (Å²) in [5.41, 5.74) is -1.22. The molecule has 5 rings (SSSR count). The molecule has 1 spiro atoms. The van der Waals surface area contributed by atoms with E-state index in [1.807, 2.05) is 6.92 Å². The number of carbonyl (C=O) groups excluding carboxylic acids is 1. The Morgan fingerprint density at radius 2 is 1.69 bits per heavy atom. The summed E-state index contributed by atoms with van der Waals surface area (Å²) in [6.07, 6.45) is -9.87. The maximum Gasteiger partial charge on any atom is 0.314 e. The van der Waals surface area contributed by atoms with Crippen LogP contribution in [0.1, 0.15) is 78.1 Å². The lowest BCUT2D eigenvalue weighted by molar-refractivity contribution is -0.338. The van der Waals surface area contributed by atoms with Gasteiger partial charge in [0.1, 0.15) is 30.5 Å². The normalized spacial score (nSPS) is 47.3. The van der Waals surface area contributed by atoms with Gasteiger partial charge < -0.3 is 60.2 Å². The largest absolute Gasteiger partial charge is 0.433 e. The van der Waals surface area contributed by atoms with Crippen LogP contribution in [0.5, 0.6) is 0 Å². The van der Waals surface area contributed by atoms with Gasteiger partial charge in [0.15, 0.2) is 12.4 Å². The summed E-state index contributed by atoms with van der Waals surface area (Å²) in [5.74, 6) is -0.529. The van der Waals surface area contributed by atoms with Gasteiger partial charge in [-0.25, -0.2) is 0 Å². The van der Waals surface area contributed by atoms with Gasteiger partial charge in [0.05, 0.1) is 23.7 Å². The minimum atomic E-state index is -2.17. The molecule has 0 aromatic rings. The van der Waals surface area contributed by atoms with Gasteiger partial charge in [-0.3, -0.25) is 4.79 Å². The van der Waals surface area contributed by atoms with Gasteiger partial charge in [0, 0.05) is 6.61 Å². The van der Waals surface area contributed by atoms with Gasteiger partial charge in [-0.2, -0.15) is 0 Å². The van der Waals surface area contributed by atoms with Crippen molar-refractivity contribution in [3.05, 3.63) is 12.2 Å². The second-order valence-corrected chi connectivity index (χ2v) is 15.0. The van der Waals surface area contributed by atoms with Crippen molar-refractivity contribution >= 4 is 5.97 Å². The lowest BCUT2D eigenvalue weighted by Crippen LogP contribution is -2.62. The number of rotatable bonds is 10. The number of aliphatic hydroxyl groups excluding tert-OH is 8. The summed E-state index contributed by atoms with van der Waals surface area (Å²) in [4.78, 5) is 14.1. The topological polar surface area (TPSA) is 227 Å². The van der Waals surface area contributed by atoms with E-state index in [2.05, 4.69) is 13.5 Å². The molecule has 9 N–H and O–H groups in total. The zero-order chi connectivity index (χ0) is 33.1. The molecule has 5 fully saturated rings. The Balaban J connectivity index is 1.36. The molecule has 15 atom stereocenters. The number of esters is 1. The Morgan fingerprint density at radius 1 is 1.00 bits per heavy atom. The molecule has 0 aromatic heterocycles. The smallest absolute Gasteiger partial charge is 0.314 e. The number of fused-ring (bicyclic) bond motifs is 3. The maximum atomic E-state index is 14.1. The van der Waals surface area contributed by atoms with Gasteiger partial charge >= 0.3 is 5.97 Å². The minimum Gasteiger partial charge on any atom is -0.433 e. The van der Waals surface area contributed by atoms with Crippen molar-refractivity contribution in [2.75, 3.05) is 13.2 Å². The Bertz CT molecular complexity index is 1100. The van der Waals surface area contributed by atoms with Crippen LogP contribution >= 0.6 is 0 Å². The quantitative estimate of drug-likeness (QED) is 0.0809. The zero-order valence-electron chi connectivity index (χ0n) is 26.2. The number of carbonyl (C=O) groups is 1. The first kappa shape index (κ1) is 35.1. The molecule has 1 heterocycles. The van der Waals surface area contributed by atoms with Crippen LogP contribution in [0.25, 0.3) is 0 Å². The van der Waals surface area contributed by atoms with Crippen LogP contribution < -0.4 is 0 Å². The van der Waals surface area contributed by atoms with Crippen molar-refractivity contribution < 1.29 is 65.0 Å². The number of hydrogen-bond acceptors (Lipinski definition) is 13. The summed E-state index contributed by atoms with van der Waals surface area (Å²) < 4.78 is 16.6. The SMILES string of the molecule is C=C1C[C@@]23CCC4[C@](C)(C(=O)OC(O)C(OC5OC(CO)C(O)C(O)C5O)C(O)C(O)CCO)CCC[C@@]4(C)[C@@H]2CC[C@]1(O)C3. The molecule has 1 saturated heterocycles. The Morgan fingerprint density at radius 3 is 2.36 bits per heavy atom. The van der Waals surface area contributed by atoms with Crippen LogP contribution in [-0.2, 0) is 19.0 Å². The molecule has 1 aliphatic heterocycles. The average molecular weight is 645 g/mol. The maximum absolute atomic E-state index is 14.1. The summed E-state index contributed by atoms with van der Waals surface area (Å²) in [6.45, 7) is 7.00. The molecule has 10 unspecified atom stereocenters. The van der Waals surface area contributed by atoms with E-state index in [1.54, 1.807) is 0 Å². The first-order valence-corrected chi connectivity index (χ1v) is 16.3. The fourth-order valence-electron chi connectivity index (χ4n) is 10.1. The number of hydrogen-bond donors (Lipinski definition) is 9. The Hall–Kier alpha value is -1.23. The van der Waals surface area contributed by atoms with Crippen LogP contribution in [0.3, 0.4) is 0 Å². The molecule has 5 aliphatic rings. The number of aliphatic hydroxyl groups is 9. The number of ether oxygens (including phenoxy) is 3. The van der Waals surface area contributed by atoms with Crippen molar-refractivity contribution in [3.8, 4) is 0 Å². The predicted molar refractivity (Wildman–Crippen MR) is 156 cm³/mol. The highest BCUT2D eigenvalue weighted by Crippen LogP contribution is 2.73. The van der Waals surface area contributed by atoms with Gasteiger partial charge in [0.2, 0.25) is 6.29 Å². The van der Waals surface area contributed by atoms with Gasteiger partial charge in [0.25, 0.3) is 0 Å². The molecule has 0 aromatic carbocycles. The summed E-state index contributed by atoms with van der Waals surface area (Å²) >= 11 is 0. The molecule has 4 aliphatic carbocycles. The van der Waals surface area contributed by atoms with Crippen molar-refractivity contribution in [1.82, 2.24) is 0 Å². The van der Waals surface area contributed by atoms with Crippen molar-refractivity contribution in [2.24, 2.45) is 28.1 Å². The zero-order valence-corrected chi connectivity index (χ0v) is 26.2. The van der Waals surface area contributed by atoms with E-state index in [0.717, 1.165) is 44.1 Å². The van der Waals surface area contributed by atoms with Gasteiger partial charge in [-0.15, -0.1) is 0 Å². The summed E-state index contributed by atoms with van der Waals surface area (Å²) in [7, 11) is 0. The van der Waals surface area contributed by atoms with E-state index in [9.17, 15) is 50.8 Å². The highest BCUT2D eigenvalue weighted by atomic mass is 16.7. The fraction of sp³-hybridized carbons (Fsp3) is 0.906. The van der Waals surface area contributed by atoms with Crippen LogP contribution in [0.4, 0.5) is 0 Å². The lowest BCUT2D eigenvalue weighted by atomic mass is 9.41. The molecule has 4 saturated carbocycles. The molecule has 45 heavy (non-hydrogen) atoms. The molecule has 0 amide bonds. The third kappa shape index (κ3) is 5.79. The second kappa shape index (κ2) is 12.7. The van der Waals surface area contributed by atoms with Crippen LogP contribution in [0, 0.1) is 28.1 Å². The standard InChI is InChI=1S/C32H52O13/c1-16-13-31-10-5-19-29(2,20(31)6-11-32(16,42)15-31)8-4-9-30(19,3)28(41)45-26(40)25(21(36)17(35)7-12-33)44-27-24(39)23(38)22(37)18(14-34)43-27/h17-27,33-40,42H,1,4-15H2,2-3H3/t17?,18?,19?,20-,21?,22?,23?,24?,25?,26?,27?,29+,30+,31+,32-/m0/s1. The van der Waals surface area contributed by atoms with Gasteiger partial charge in [-0.1, -0.05) is 19.9 Å².